The molecule has 18 heavy (non-hydrogen) atoms. The monoisotopic (exact) mass is 296 g/mol. The quantitative estimate of drug-likeness (QED) is 0.922. The zero-order valence-corrected chi connectivity index (χ0v) is 12.1. The summed E-state index contributed by atoms with van der Waals surface area (Å²) in [5, 5.41) is 4.63. The maximum absolute atomic E-state index is 5.89. The van der Waals surface area contributed by atoms with E-state index in [1.165, 1.54) is 22.6 Å². The number of nitrogens with one attached hydrogen (secondary N) is 1. The van der Waals surface area contributed by atoms with Gasteiger partial charge in [-0.05, 0) is 23.8 Å². The molecule has 2 heterocycles. The summed E-state index contributed by atoms with van der Waals surface area (Å²) in [4.78, 5) is 5.68. The van der Waals surface area contributed by atoms with Gasteiger partial charge in [0.15, 0.2) is 0 Å². The van der Waals surface area contributed by atoms with Crippen LogP contribution < -0.4 is 5.32 Å². The Morgan fingerprint density at radius 2 is 2.28 bits per heavy atom. The third-order valence-electron chi connectivity index (χ3n) is 2.98. The number of halogens is 1. The average molecular weight is 297 g/mol. The summed E-state index contributed by atoms with van der Waals surface area (Å²) in [5.74, 6) is 1.17. The second-order valence-electron chi connectivity index (χ2n) is 4.17. The molecule has 1 unspecified atom stereocenters. The van der Waals surface area contributed by atoms with Gasteiger partial charge in [-0.1, -0.05) is 29.8 Å². The minimum absolute atomic E-state index is 0.435. The minimum Gasteiger partial charge on any atom is -0.303 e. The van der Waals surface area contributed by atoms with Crippen LogP contribution in [0.25, 0.3) is 0 Å². The molecule has 1 atom stereocenters. The molecule has 94 valence electrons. The molecule has 5 heteroatoms. The van der Waals surface area contributed by atoms with Gasteiger partial charge in [-0.25, -0.2) is 4.98 Å². The van der Waals surface area contributed by atoms with Gasteiger partial charge in [0.05, 0.1) is 6.20 Å². The van der Waals surface area contributed by atoms with Gasteiger partial charge >= 0.3 is 0 Å². The Kier molecular flexibility index (Phi) is 3.89. The van der Waals surface area contributed by atoms with Gasteiger partial charge in [-0.2, -0.15) is 0 Å². The normalized spacial score (nSPS) is 18.6. The van der Waals surface area contributed by atoms with Crippen LogP contribution in [0.5, 0.6) is 0 Å². The highest BCUT2D eigenvalue weighted by Crippen LogP contribution is 2.36. The number of benzene rings is 1. The highest BCUT2D eigenvalue weighted by molar-refractivity contribution is 7.99. The van der Waals surface area contributed by atoms with Gasteiger partial charge < -0.3 is 5.32 Å². The number of thiazole rings is 1. The predicted octanol–water partition coefficient (Wildman–Crippen LogP) is 4.12. The zero-order chi connectivity index (χ0) is 12.4. The number of thioether (sulfide) groups is 1. The highest BCUT2D eigenvalue weighted by atomic mass is 35.5. The van der Waals surface area contributed by atoms with Crippen molar-refractivity contribution in [3.63, 3.8) is 0 Å². The molecule has 1 aliphatic rings. The van der Waals surface area contributed by atoms with Gasteiger partial charge in [-0.3, -0.25) is 0 Å². The van der Waals surface area contributed by atoms with Crippen molar-refractivity contribution in [3.8, 4) is 0 Å². The Hall–Kier alpha value is -0.550. The summed E-state index contributed by atoms with van der Waals surface area (Å²) in [5.41, 5.74) is 1.41. The first-order valence-corrected chi connectivity index (χ1v) is 8.06. The van der Waals surface area contributed by atoms with Crippen molar-refractivity contribution in [2.45, 2.75) is 23.9 Å². The van der Waals surface area contributed by atoms with Gasteiger partial charge in [0.25, 0.3) is 0 Å². The van der Waals surface area contributed by atoms with E-state index in [-0.39, 0.29) is 0 Å². The molecular weight excluding hydrogens is 284 g/mol. The Bertz CT molecular complexity index is 541. The lowest BCUT2D eigenvalue weighted by Gasteiger charge is -2.25. The van der Waals surface area contributed by atoms with E-state index in [0.717, 1.165) is 15.9 Å². The Labute approximate surface area is 120 Å². The van der Waals surface area contributed by atoms with Crippen LogP contribution in [-0.2, 0) is 6.54 Å². The fourth-order valence-corrected chi connectivity index (χ4v) is 4.17. The van der Waals surface area contributed by atoms with Crippen LogP contribution in [0, 0.1) is 0 Å². The first kappa shape index (κ1) is 12.5. The standard InChI is InChI=1S/C13H13ClN2S2/c14-12-7-16-13(18-12)8-15-10-5-6-17-11-4-2-1-3-9(10)11/h1-4,7,10,15H,5-6,8H2. The largest absolute Gasteiger partial charge is 0.303 e. The summed E-state index contributed by atoms with van der Waals surface area (Å²) in [7, 11) is 0. The van der Waals surface area contributed by atoms with E-state index in [1.807, 2.05) is 11.8 Å². The Morgan fingerprint density at radius 1 is 1.39 bits per heavy atom. The van der Waals surface area contributed by atoms with Crippen LogP contribution >= 0.6 is 34.7 Å². The van der Waals surface area contributed by atoms with Crippen molar-refractivity contribution in [1.29, 1.82) is 0 Å². The predicted molar refractivity (Wildman–Crippen MR) is 78.5 cm³/mol. The van der Waals surface area contributed by atoms with Crippen LogP contribution in [0.15, 0.2) is 35.4 Å². The van der Waals surface area contributed by atoms with Gasteiger partial charge in [0, 0.05) is 17.5 Å². The van der Waals surface area contributed by atoms with Gasteiger partial charge in [0.1, 0.15) is 9.34 Å². The summed E-state index contributed by atoms with van der Waals surface area (Å²) in [6.07, 6.45) is 2.88. The third kappa shape index (κ3) is 2.72. The van der Waals surface area contributed by atoms with Crippen LogP contribution in [0.1, 0.15) is 23.0 Å². The van der Waals surface area contributed by atoms with Crippen LogP contribution in [0.3, 0.4) is 0 Å². The van der Waals surface area contributed by atoms with E-state index in [2.05, 4.69) is 34.6 Å². The van der Waals surface area contributed by atoms with Crippen LogP contribution in [0.4, 0.5) is 0 Å². The fourth-order valence-electron chi connectivity index (χ4n) is 2.13. The van der Waals surface area contributed by atoms with E-state index >= 15 is 0 Å². The third-order valence-corrected chi connectivity index (χ3v) is 5.22. The van der Waals surface area contributed by atoms with Crippen molar-refractivity contribution in [3.05, 3.63) is 45.4 Å². The molecule has 1 aliphatic heterocycles. The second-order valence-corrected chi connectivity index (χ2v) is 7.05. The SMILES string of the molecule is Clc1cnc(CNC2CCSc3ccccc32)s1. The summed E-state index contributed by atoms with van der Waals surface area (Å²) in [6, 6.07) is 9.07. The highest BCUT2D eigenvalue weighted by Gasteiger charge is 2.19. The fraction of sp³-hybridized carbons (Fsp3) is 0.308. The molecule has 0 fully saturated rings. The molecule has 1 N–H and O–H groups in total. The van der Waals surface area contributed by atoms with Crippen molar-refractivity contribution in [2.75, 3.05) is 5.75 Å². The Morgan fingerprint density at radius 3 is 3.11 bits per heavy atom. The molecule has 2 nitrogen and oxygen atoms in total. The van der Waals surface area contributed by atoms with Crippen LogP contribution in [0.2, 0.25) is 4.34 Å². The van der Waals surface area contributed by atoms with E-state index < -0.39 is 0 Å². The molecule has 3 rings (SSSR count). The molecule has 0 bridgehead atoms. The number of hydrogen-bond acceptors (Lipinski definition) is 4. The average Bonchev–Trinajstić information content (AvgIpc) is 2.82. The summed E-state index contributed by atoms with van der Waals surface area (Å²) in [6.45, 7) is 0.793. The number of hydrogen-bond donors (Lipinski definition) is 1. The number of nitrogens with zero attached hydrogens (tertiary/aromatic N) is 1. The maximum Gasteiger partial charge on any atom is 0.113 e. The smallest absolute Gasteiger partial charge is 0.113 e. The van der Waals surface area contributed by atoms with E-state index in [9.17, 15) is 0 Å². The van der Waals surface area contributed by atoms with E-state index in [4.69, 9.17) is 11.6 Å². The molecule has 2 aromatic rings. The van der Waals surface area contributed by atoms with E-state index in [1.54, 1.807) is 17.5 Å². The molecule has 0 saturated carbocycles. The lowest BCUT2D eigenvalue weighted by atomic mass is 10.0. The van der Waals surface area contributed by atoms with Crippen molar-refractivity contribution in [1.82, 2.24) is 10.3 Å². The maximum atomic E-state index is 5.89. The van der Waals surface area contributed by atoms with Gasteiger partial charge in [-0.15, -0.1) is 23.1 Å². The summed E-state index contributed by atoms with van der Waals surface area (Å²) < 4.78 is 0.756. The van der Waals surface area contributed by atoms with Crippen molar-refractivity contribution < 1.29 is 0 Å². The molecule has 0 saturated heterocycles. The molecule has 0 spiro atoms. The lowest BCUT2D eigenvalue weighted by molar-refractivity contribution is 0.509. The minimum atomic E-state index is 0.435. The Balaban J connectivity index is 1.71. The molecule has 0 radical (unpaired) electrons. The van der Waals surface area contributed by atoms with Gasteiger partial charge in [0.2, 0.25) is 0 Å². The molecule has 0 amide bonds. The number of fused-ring (bicyclic) bond motifs is 1. The molecular formula is C13H13ClN2S2. The van der Waals surface area contributed by atoms with Crippen molar-refractivity contribution >= 4 is 34.7 Å². The first-order valence-electron chi connectivity index (χ1n) is 5.88. The zero-order valence-electron chi connectivity index (χ0n) is 9.73. The van der Waals surface area contributed by atoms with Crippen molar-refractivity contribution in [2.24, 2.45) is 0 Å². The number of rotatable bonds is 3. The topological polar surface area (TPSA) is 24.9 Å². The second kappa shape index (κ2) is 5.61. The number of aromatic nitrogens is 1. The molecule has 0 aliphatic carbocycles. The molecule has 1 aromatic carbocycles. The van der Waals surface area contributed by atoms with E-state index in [0.29, 0.717) is 6.04 Å². The first-order chi connectivity index (χ1) is 8.83. The van der Waals surface area contributed by atoms with Crippen LogP contribution in [-0.4, -0.2) is 10.7 Å². The summed E-state index contributed by atoms with van der Waals surface area (Å²) >= 11 is 9.38. The lowest BCUT2D eigenvalue weighted by Crippen LogP contribution is -2.24. The molecule has 1 aromatic heterocycles.